The smallest absolute Gasteiger partial charge is 0.0618 e. The Hall–Kier alpha value is -7.68. The second-order valence-electron chi connectivity index (χ2n) is 20.5. The number of rotatable bonds is 5. The molecule has 0 saturated heterocycles. The lowest BCUT2D eigenvalue weighted by Gasteiger charge is -2.45. The van der Waals surface area contributed by atoms with E-state index in [4.69, 9.17) is 0 Å². The minimum Gasteiger partial charge on any atom is -0.310 e. The van der Waals surface area contributed by atoms with Gasteiger partial charge in [0.05, 0.1) is 22.7 Å². The van der Waals surface area contributed by atoms with Gasteiger partial charge in [0.2, 0.25) is 0 Å². The minimum atomic E-state index is -0.385. The number of benzene rings is 10. The molecule has 2 nitrogen and oxygen atoms in total. The molecule has 0 unspecified atom stereocenters. The second-order valence-corrected chi connectivity index (χ2v) is 20.5. The van der Waals surface area contributed by atoms with Crippen molar-refractivity contribution in [2.24, 2.45) is 0 Å². The third kappa shape index (κ3) is 5.63. The Morgan fingerprint density at radius 2 is 0.851 bits per heavy atom. The van der Waals surface area contributed by atoms with Gasteiger partial charge in [0.25, 0.3) is 0 Å². The maximum atomic E-state index is 2.59. The van der Waals surface area contributed by atoms with Gasteiger partial charge in [-0.05, 0) is 120 Å². The average molecular weight is 861 g/mol. The van der Waals surface area contributed by atoms with Gasteiger partial charge in [-0.2, -0.15) is 0 Å². The Bertz CT molecular complexity index is 3590. The van der Waals surface area contributed by atoms with Crippen LogP contribution in [0.25, 0.3) is 54.9 Å². The van der Waals surface area contributed by atoms with Crippen LogP contribution in [0.5, 0.6) is 0 Å². The van der Waals surface area contributed by atoms with Crippen LogP contribution in [0, 0.1) is 0 Å². The van der Waals surface area contributed by atoms with E-state index in [0.29, 0.717) is 0 Å². The zero-order valence-electron chi connectivity index (χ0n) is 39.0. The number of hydrogen-bond donors (Lipinski definition) is 0. The van der Waals surface area contributed by atoms with Crippen molar-refractivity contribution in [3.8, 4) is 33.4 Å². The van der Waals surface area contributed by atoms with E-state index < -0.39 is 0 Å². The molecule has 13 rings (SSSR count). The monoisotopic (exact) mass is 860 g/mol. The summed E-state index contributed by atoms with van der Waals surface area (Å²) in [5.41, 5.74) is 22.1. The lowest BCUT2D eigenvalue weighted by atomic mass is 9.72. The maximum absolute atomic E-state index is 2.59. The molecule has 0 saturated carbocycles. The zero-order chi connectivity index (χ0) is 45.4. The molecular formula is C65H52N2. The Morgan fingerprint density at radius 3 is 1.52 bits per heavy atom. The first-order valence-corrected chi connectivity index (χ1v) is 23.8. The van der Waals surface area contributed by atoms with Crippen molar-refractivity contribution in [3.05, 3.63) is 240 Å². The molecule has 322 valence electrons. The average Bonchev–Trinajstić information content (AvgIpc) is 3.73. The normalized spacial score (nSPS) is 15.3. The number of hydrogen-bond acceptors (Lipinski definition) is 2. The molecule has 10 aromatic rings. The summed E-state index contributed by atoms with van der Waals surface area (Å²) in [5, 5.41) is 4.91. The molecule has 0 bridgehead atoms. The van der Waals surface area contributed by atoms with E-state index in [2.05, 4.69) is 258 Å². The molecule has 0 spiro atoms. The van der Waals surface area contributed by atoms with E-state index in [1.807, 2.05) is 0 Å². The minimum absolute atomic E-state index is 0.159. The first-order chi connectivity index (χ1) is 32.5. The highest BCUT2D eigenvalue weighted by Crippen LogP contribution is 2.60. The molecule has 0 aromatic heterocycles. The fourth-order valence-corrected chi connectivity index (χ4v) is 12.4. The summed E-state index contributed by atoms with van der Waals surface area (Å²) >= 11 is 0. The topological polar surface area (TPSA) is 6.48 Å². The molecular weight excluding hydrogens is 809 g/mol. The van der Waals surface area contributed by atoms with Crippen LogP contribution in [0.3, 0.4) is 0 Å². The van der Waals surface area contributed by atoms with Gasteiger partial charge in [-0.25, -0.2) is 0 Å². The van der Waals surface area contributed by atoms with Gasteiger partial charge in [-0.1, -0.05) is 199 Å². The molecule has 10 aromatic carbocycles. The Morgan fingerprint density at radius 1 is 0.343 bits per heavy atom. The lowest BCUT2D eigenvalue weighted by Crippen LogP contribution is -2.33. The molecule has 1 heterocycles. The van der Waals surface area contributed by atoms with Crippen LogP contribution < -0.4 is 9.80 Å². The molecule has 0 atom stereocenters. The fourth-order valence-electron chi connectivity index (χ4n) is 12.4. The van der Waals surface area contributed by atoms with Gasteiger partial charge in [0.1, 0.15) is 0 Å². The van der Waals surface area contributed by atoms with E-state index in [1.54, 1.807) is 0 Å². The summed E-state index contributed by atoms with van der Waals surface area (Å²) in [6.45, 7) is 14.4. The maximum Gasteiger partial charge on any atom is 0.0618 e. The van der Waals surface area contributed by atoms with Crippen LogP contribution in [0.4, 0.5) is 34.1 Å². The molecule has 0 N–H and O–H groups in total. The first-order valence-electron chi connectivity index (χ1n) is 23.8. The molecule has 0 amide bonds. The summed E-state index contributed by atoms with van der Waals surface area (Å²) in [5.74, 6) is 0. The van der Waals surface area contributed by atoms with Gasteiger partial charge in [-0.3, -0.25) is 0 Å². The summed E-state index contributed by atoms with van der Waals surface area (Å²) in [6.07, 6.45) is 0. The molecule has 1 aliphatic heterocycles. The third-order valence-corrected chi connectivity index (χ3v) is 15.8. The van der Waals surface area contributed by atoms with Crippen LogP contribution in [0.2, 0.25) is 0 Å². The molecule has 67 heavy (non-hydrogen) atoms. The Kier molecular flexibility index (Phi) is 8.38. The molecule has 2 heteroatoms. The molecule has 3 aliphatic rings. The number of nitrogens with zero attached hydrogens (tertiary/aromatic N) is 2. The highest BCUT2D eigenvalue weighted by atomic mass is 15.2. The van der Waals surface area contributed by atoms with E-state index in [9.17, 15) is 0 Å². The van der Waals surface area contributed by atoms with Crippen molar-refractivity contribution >= 4 is 55.7 Å². The highest BCUT2D eigenvalue weighted by molar-refractivity contribution is 6.09. The molecule has 0 radical (unpaired) electrons. The van der Waals surface area contributed by atoms with Crippen LogP contribution in [-0.2, 0) is 16.2 Å². The van der Waals surface area contributed by atoms with Crippen molar-refractivity contribution in [2.45, 2.75) is 57.8 Å². The summed E-state index contributed by atoms with van der Waals surface area (Å²) in [4.78, 5) is 5.17. The summed E-state index contributed by atoms with van der Waals surface area (Å²) in [6, 6.07) is 77.8. The fraction of sp³-hybridized carbons (Fsp3) is 0.138. The standard InChI is InChI=1S/C65H52N2/c1-63(2)53-24-13-11-22-49(53)51-36-33-45(39-56(51)63)66(46-34-37-52-50-23-12-14-25-54(50)64(3,4)57(52)40-46)59-28-17-29-60-61(59)65(5,6)55-26-15-16-27-58(55)67(60)62-47-21-10-9-19-42(47)32-35-48(62)44-31-30-41-18-7-8-20-43(41)38-44/h7-40H,1-6H3. The summed E-state index contributed by atoms with van der Waals surface area (Å²) < 4.78 is 0. The Labute approximate surface area is 394 Å². The Balaban J connectivity index is 1.10. The predicted octanol–water partition coefficient (Wildman–Crippen LogP) is 17.9. The van der Waals surface area contributed by atoms with E-state index in [0.717, 1.165) is 11.4 Å². The zero-order valence-corrected chi connectivity index (χ0v) is 39.0. The van der Waals surface area contributed by atoms with Crippen LogP contribution in [-0.4, -0.2) is 0 Å². The number of fused-ring (bicyclic) bond motifs is 10. The lowest BCUT2D eigenvalue weighted by molar-refractivity contribution is 0.632. The van der Waals surface area contributed by atoms with Crippen LogP contribution >= 0.6 is 0 Å². The van der Waals surface area contributed by atoms with E-state index in [-0.39, 0.29) is 16.2 Å². The largest absolute Gasteiger partial charge is 0.310 e. The van der Waals surface area contributed by atoms with E-state index >= 15 is 0 Å². The molecule has 2 aliphatic carbocycles. The predicted molar refractivity (Wildman–Crippen MR) is 284 cm³/mol. The van der Waals surface area contributed by atoms with Crippen molar-refractivity contribution in [2.75, 3.05) is 9.80 Å². The second kappa shape index (κ2) is 14.2. The quantitative estimate of drug-likeness (QED) is 0.170. The van der Waals surface area contributed by atoms with Gasteiger partial charge < -0.3 is 9.80 Å². The van der Waals surface area contributed by atoms with Gasteiger partial charge in [-0.15, -0.1) is 0 Å². The van der Waals surface area contributed by atoms with Gasteiger partial charge in [0, 0.05) is 44.1 Å². The van der Waals surface area contributed by atoms with Crippen molar-refractivity contribution in [3.63, 3.8) is 0 Å². The van der Waals surface area contributed by atoms with Crippen molar-refractivity contribution < 1.29 is 0 Å². The number of anilines is 6. The van der Waals surface area contributed by atoms with Gasteiger partial charge >= 0.3 is 0 Å². The van der Waals surface area contributed by atoms with Gasteiger partial charge in [0.15, 0.2) is 0 Å². The van der Waals surface area contributed by atoms with E-state index in [1.165, 1.54) is 111 Å². The van der Waals surface area contributed by atoms with Crippen LogP contribution in [0.15, 0.2) is 206 Å². The molecule has 0 fully saturated rings. The highest BCUT2D eigenvalue weighted by Gasteiger charge is 2.43. The summed E-state index contributed by atoms with van der Waals surface area (Å²) in [7, 11) is 0. The van der Waals surface area contributed by atoms with Crippen molar-refractivity contribution in [1.29, 1.82) is 0 Å². The third-order valence-electron chi connectivity index (χ3n) is 15.8. The number of para-hydroxylation sites is 1. The SMILES string of the molecule is CC1(C)c2ccccc2-c2ccc(N(c3ccc4c(c3)C(C)(C)c3ccccc3-4)c3cccc4c3C(C)(C)c3ccccc3N4c3c(-c4ccc5ccccc5c4)ccc4ccccc34)cc21. The van der Waals surface area contributed by atoms with Crippen molar-refractivity contribution in [1.82, 2.24) is 0 Å². The first kappa shape index (κ1) is 39.7. The van der Waals surface area contributed by atoms with Crippen LogP contribution in [0.1, 0.15) is 74.9 Å².